The lowest BCUT2D eigenvalue weighted by molar-refractivity contribution is -0.139. The average Bonchev–Trinajstić information content (AvgIpc) is 2.85. The maximum Gasteiger partial charge on any atom is 0.307 e. The van der Waals surface area contributed by atoms with Crippen LogP contribution in [0.25, 0.3) is 0 Å². The smallest absolute Gasteiger partial charge is 0.307 e. The summed E-state index contributed by atoms with van der Waals surface area (Å²) >= 11 is 3.08. The van der Waals surface area contributed by atoms with Crippen molar-refractivity contribution < 1.29 is 23.6 Å². The molecule has 0 saturated carbocycles. The first-order chi connectivity index (χ1) is 17.1. The van der Waals surface area contributed by atoms with Crippen LogP contribution >= 0.6 is 15.9 Å². The van der Waals surface area contributed by atoms with Crippen LogP contribution in [0.1, 0.15) is 38.3 Å². The number of hydrogen-bond acceptors (Lipinski definition) is 4. The minimum atomic E-state index is -2.09. The van der Waals surface area contributed by atoms with E-state index >= 15 is 0 Å². The molecule has 0 heterocycles. The van der Waals surface area contributed by atoms with Gasteiger partial charge in [0, 0.05) is 13.1 Å². The molecule has 36 heavy (non-hydrogen) atoms. The molecule has 4 amide bonds. The first-order valence-corrected chi connectivity index (χ1v) is 14.1. The fraction of sp³-hybridized carbons (Fsp3) is 0.360. The molecular weight excluding hydrogens is 547 g/mol. The molecule has 193 valence electrons. The van der Waals surface area contributed by atoms with Crippen molar-refractivity contribution in [1.82, 2.24) is 20.9 Å². The molecule has 0 bridgehead atoms. The monoisotopic (exact) mass is 577 g/mol. The Morgan fingerprint density at radius 3 is 2.25 bits per heavy atom. The summed E-state index contributed by atoms with van der Waals surface area (Å²) in [7, 11) is -2.09. The maximum absolute atomic E-state index is 13.4. The lowest BCUT2D eigenvalue weighted by atomic mass is 10.1. The number of amides is 4. The Morgan fingerprint density at radius 1 is 0.972 bits per heavy atom. The lowest BCUT2D eigenvalue weighted by Crippen LogP contribution is -2.57. The molecule has 1 radical (unpaired) electrons. The largest absolute Gasteiger partial charge is 0.356 e. The van der Waals surface area contributed by atoms with Crippen molar-refractivity contribution in [3.8, 4) is 0 Å². The van der Waals surface area contributed by atoms with E-state index in [0.717, 1.165) is 5.56 Å². The zero-order chi connectivity index (χ0) is 26.7. The summed E-state index contributed by atoms with van der Waals surface area (Å²) in [5.41, 5.74) is 1.08. The second kappa shape index (κ2) is 14.5. The van der Waals surface area contributed by atoms with Gasteiger partial charge >= 0.3 is 6.03 Å². The molecule has 4 N–H and O–H groups in total. The first-order valence-electron chi connectivity index (χ1n) is 11.6. The third-order valence-corrected chi connectivity index (χ3v) is 8.19. The summed E-state index contributed by atoms with van der Waals surface area (Å²) in [4.78, 5) is 53.3. The van der Waals surface area contributed by atoms with Crippen LogP contribution in [0.3, 0.4) is 0 Å². The SMILES string of the molecule is CCC(NC(=O)[Si](CC(C)C)NC(=O)NCc1ccccc1)C(=O)C(=O)NCc1ccc(F)c(Br)c1. The summed E-state index contributed by atoms with van der Waals surface area (Å²) in [6, 6.07) is 12.6. The average molecular weight is 579 g/mol. The van der Waals surface area contributed by atoms with Crippen LogP contribution < -0.4 is 20.9 Å². The van der Waals surface area contributed by atoms with E-state index < -0.39 is 44.1 Å². The molecule has 1 atom stereocenters. The van der Waals surface area contributed by atoms with Gasteiger partial charge in [0.1, 0.15) is 5.82 Å². The van der Waals surface area contributed by atoms with Gasteiger partial charge in [0.25, 0.3) is 14.9 Å². The molecule has 8 nitrogen and oxygen atoms in total. The first kappa shape index (κ1) is 29.2. The Kier molecular flexibility index (Phi) is 11.7. The summed E-state index contributed by atoms with van der Waals surface area (Å²) in [6.07, 6.45) is 0.205. The predicted molar refractivity (Wildman–Crippen MR) is 141 cm³/mol. The number of carbonyl (C=O) groups is 4. The molecular formula is C25H31BrFN4O4Si. The van der Waals surface area contributed by atoms with Gasteiger partial charge in [-0.05, 0) is 57.6 Å². The Hall–Kier alpha value is -3.05. The zero-order valence-corrected chi connectivity index (χ0v) is 23.1. The molecule has 2 rings (SSSR count). The number of ketones is 1. The predicted octanol–water partition coefficient (Wildman–Crippen LogP) is 3.99. The summed E-state index contributed by atoms with van der Waals surface area (Å²) in [5.74, 6) is -1.94. The van der Waals surface area contributed by atoms with Gasteiger partial charge in [0.2, 0.25) is 11.3 Å². The van der Waals surface area contributed by atoms with Crippen LogP contribution in [0.4, 0.5) is 14.0 Å². The molecule has 2 aromatic rings. The fourth-order valence-corrected chi connectivity index (χ4v) is 5.60. The van der Waals surface area contributed by atoms with Gasteiger partial charge in [-0.1, -0.05) is 57.2 Å². The molecule has 0 aliphatic heterocycles. The van der Waals surface area contributed by atoms with Crippen molar-refractivity contribution in [2.75, 3.05) is 0 Å². The van der Waals surface area contributed by atoms with Crippen molar-refractivity contribution in [2.24, 2.45) is 5.92 Å². The van der Waals surface area contributed by atoms with E-state index in [-0.39, 0.29) is 23.4 Å². The molecule has 0 saturated heterocycles. The van der Waals surface area contributed by atoms with E-state index in [9.17, 15) is 23.6 Å². The van der Waals surface area contributed by atoms with Crippen molar-refractivity contribution in [3.05, 3.63) is 69.9 Å². The van der Waals surface area contributed by atoms with E-state index in [1.165, 1.54) is 18.2 Å². The van der Waals surface area contributed by atoms with Crippen molar-refractivity contribution in [3.63, 3.8) is 0 Å². The number of benzene rings is 2. The van der Waals surface area contributed by atoms with Gasteiger partial charge < -0.3 is 20.9 Å². The van der Waals surface area contributed by atoms with Crippen LogP contribution in [0.2, 0.25) is 6.04 Å². The van der Waals surface area contributed by atoms with Crippen LogP contribution in [0.5, 0.6) is 0 Å². The molecule has 0 fully saturated rings. The quantitative estimate of drug-likeness (QED) is 0.225. The highest BCUT2D eigenvalue weighted by Crippen LogP contribution is 2.16. The zero-order valence-electron chi connectivity index (χ0n) is 20.5. The van der Waals surface area contributed by atoms with Gasteiger partial charge in [-0.2, -0.15) is 0 Å². The van der Waals surface area contributed by atoms with Gasteiger partial charge in [-0.15, -0.1) is 0 Å². The highest BCUT2D eigenvalue weighted by molar-refractivity contribution is 9.10. The molecule has 0 spiro atoms. The van der Waals surface area contributed by atoms with E-state index in [1.54, 1.807) is 6.92 Å². The summed E-state index contributed by atoms with van der Waals surface area (Å²) in [5, 5.41) is 7.89. The minimum absolute atomic E-state index is 0.0271. The molecule has 0 aliphatic rings. The number of nitrogens with one attached hydrogen (secondary N) is 4. The summed E-state index contributed by atoms with van der Waals surface area (Å²) < 4.78 is 13.6. The van der Waals surface area contributed by atoms with Crippen molar-refractivity contribution >= 4 is 48.1 Å². The fourth-order valence-electron chi connectivity index (χ4n) is 3.24. The number of Topliss-reactive ketones (excluding diaryl/α,β-unsaturated/α-hetero) is 1. The Labute approximate surface area is 220 Å². The van der Waals surface area contributed by atoms with Crippen LogP contribution in [0.15, 0.2) is 53.0 Å². The third-order valence-electron chi connectivity index (χ3n) is 5.14. The second-order valence-corrected chi connectivity index (χ2v) is 11.5. The van der Waals surface area contributed by atoms with Gasteiger partial charge in [0.05, 0.1) is 10.5 Å². The Bertz CT molecular complexity index is 1070. The van der Waals surface area contributed by atoms with E-state index in [1.807, 2.05) is 44.2 Å². The van der Waals surface area contributed by atoms with Gasteiger partial charge in [-0.3, -0.25) is 14.4 Å². The van der Waals surface area contributed by atoms with E-state index in [2.05, 4.69) is 36.9 Å². The summed E-state index contributed by atoms with van der Waals surface area (Å²) in [6.45, 7) is 5.89. The lowest BCUT2D eigenvalue weighted by Gasteiger charge is -2.21. The molecule has 11 heteroatoms. The van der Waals surface area contributed by atoms with Crippen LogP contribution in [-0.4, -0.2) is 38.3 Å². The van der Waals surface area contributed by atoms with Gasteiger partial charge in [0.15, 0.2) is 0 Å². The highest BCUT2D eigenvalue weighted by Gasteiger charge is 2.31. The third kappa shape index (κ3) is 9.54. The van der Waals surface area contributed by atoms with Crippen molar-refractivity contribution in [2.45, 2.75) is 52.4 Å². The highest BCUT2D eigenvalue weighted by atomic mass is 79.9. The number of urea groups is 1. The second-order valence-electron chi connectivity index (χ2n) is 8.60. The van der Waals surface area contributed by atoms with Gasteiger partial charge in [-0.25, -0.2) is 9.18 Å². The van der Waals surface area contributed by atoms with Crippen LogP contribution in [-0.2, 0) is 22.7 Å². The molecule has 2 aromatic carbocycles. The number of rotatable bonds is 12. The van der Waals surface area contributed by atoms with Crippen LogP contribution in [0, 0.1) is 11.7 Å². The number of carbonyl (C=O) groups excluding carboxylic acids is 4. The normalized spacial score (nSPS) is 11.6. The van der Waals surface area contributed by atoms with E-state index in [0.29, 0.717) is 18.2 Å². The van der Waals surface area contributed by atoms with E-state index in [4.69, 9.17) is 0 Å². The number of hydrogen-bond donors (Lipinski definition) is 4. The minimum Gasteiger partial charge on any atom is -0.356 e. The Morgan fingerprint density at radius 2 is 1.64 bits per heavy atom. The maximum atomic E-state index is 13.4. The molecule has 0 aromatic heterocycles. The standard InChI is InChI=1S/C25H31BrFN4O4Si/c1-4-21(22(32)23(33)28-14-18-10-11-20(27)19(26)12-18)30-25(35)36(15-16(2)3)31-24(34)29-13-17-8-6-5-7-9-17/h5-12,16,21H,4,13-15H2,1-3H3,(H,28,33)(H,30,35)(H2,29,31,34). The topological polar surface area (TPSA) is 116 Å². The Balaban J connectivity index is 1.95. The number of halogens is 2. The molecule has 0 aliphatic carbocycles. The molecule has 1 unspecified atom stereocenters. The van der Waals surface area contributed by atoms with Crippen molar-refractivity contribution in [1.29, 1.82) is 0 Å².